The van der Waals surface area contributed by atoms with Crippen molar-refractivity contribution in [1.29, 1.82) is 0 Å². The number of nitrogens with zero attached hydrogens (tertiary/aromatic N) is 1. The Labute approximate surface area is 179 Å². The lowest BCUT2D eigenvalue weighted by atomic mass is 10.1. The number of hydrogen-bond acceptors (Lipinski definition) is 2. The van der Waals surface area contributed by atoms with Crippen molar-refractivity contribution in [1.82, 2.24) is 0 Å². The number of aromatic nitrogens is 1. The predicted octanol–water partition coefficient (Wildman–Crippen LogP) is 5.02. The van der Waals surface area contributed by atoms with Gasteiger partial charge in [0.25, 0.3) is 0 Å². The Balaban J connectivity index is 2.10. The molecule has 1 aromatic heterocycles. The Morgan fingerprint density at radius 1 is 0.964 bits per heavy atom. The predicted molar refractivity (Wildman–Crippen MR) is 118 cm³/mol. The fourth-order valence-corrected chi connectivity index (χ4v) is 3.39. The van der Waals surface area contributed by atoms with Crippen LogP contribution < -0.4 is 15.0 Å². The van der Waals surface area contributed by atoms with Crippen LogP contribution >= 0.6 is 35.4 Å². The molecule has 0 amide bonds. The van der Waals surface area contributed by atoms with Crippen molar-refractivity contribution in [2.75, 3.05) is 5.32 Å². The number of thiocarbonyl (C=S) groups is 1. The highest BCUT2D eigenvalue weighted by Gasteiger charge is 2.20. The van der Waals surface area contributed by atoms with E-state index in [1.807, 2.05) is 50.2 Å². The van der Waals surface area contributed by atoms with Crippen LogP contribution in [0.2, 0.25) is 10.0 Å². The van der Waals surface area contributed by atoms with Crippen LogP contribution in [-0.4, -0.2) is 4.99 Å². The van der Waals surface area contributed by atoms with Gasteiger partial charge in [-0.25, -0.2) is 0 Å². The van der Waals surface area contributed by atoms with E-state index in [0.717, 1.165) is 11.3 Å². The number of aryl methyl sites for hydroxylation is 2. The van der Waals surface area contributed by atoms with Crippen molar-refractivity contribution in [2.45, 2.75) is 13.8 Å². The van der Waals surface area contributed by atoms with E-state index in [-0.39, 0.29) is 11.5 Å². The molecule has 1 N–H and O–H groups in total. The molecule has 142 valence electrons. The molecule has 0 unspecified atom stereocenters. The molecule has 0 spiro atoms. The summed E-state index contributed by atoms with van der Waals surface area (Å²) in [5.74, 6) is -0.315. The van der Waals surface area contributed by atoms with E-state index in [4.69, 9.17) is 35.4 Å². The van der Waals surface area contributed by atoms with Crippen molar-refractivity contribution in [3.8, 4) is 0 Å². The van der Waals surface area contributed by atoms with Crippen molar-refractivity contribution < 1.29 is 9.67 Å². The molecular formula is C22H18Cl2N2OS. The van der Waals surface area contributed by atoms with Crippen LogP contribution in [0.25, 0.3) is 11.5 Å². The Kier molecular flexibility index (Phi) is 6.35. The number of hydrogen-bond donors (Lipinski definition) is 1. The van der Waals surface area contributed by atoms with E-state index >= 15 is 0 Å². The van der Waals surface area contributed by atoms with Gasteiger partial charge in [-0.2, -0.15) is 4.57 Å². The standard InChI is InChI=1S/C22H18Cl2N2OS/c1-14-6-8-17(12-15(14)2)25-22(28)20(26-10-4-3-5-11-26)21(27)18-13-16(23)7-9-19(18)24/h3-13H,1-2H3,(H-,25,27,28). The van der Waals surface area contributed by atoms with Gasteiger partial charge in [0.2, 0.25) is 5.70 Å². The monoisotopic (exact) mass is 428 g/mol. The summed E-state index contributed by atoms with van der Waals surface area (Å²) >= 11 is 17.9. The molecule has 0 bridgehead atoms. The quantitative estimate of drug-likeness (QED) is 0.274. The van der Waals surface area contributed by atoms with Crippen molar-refractivity contribution >= 4 is 57.6 Å². The number of halogens is 2. The molecule has 3 rings (SSSR count). The molecule has 0 radical (unpaired) electrons. The summed E-state index contributed by atoms with van der Waals surface area (Å²) in [6, 6.07) is 16.2. The average molecular weight is 429 g/mol. The lowest BCUT2D eigenvalue weighted by Gasteiger charge is -2.18. The summed E-state index contributed by atoms with van der Waals surface area (Å²) < 4.78 is 1.68. The fraction of sp³-hybridized carbons (Fsp3) is 0.0909. The third-order valence-electron chi connectivity index (χ3n) is 4.34. The molecule has 0 aliphatic rings. The lowest BCUT2D eigenvalue weighted by molar-refractivity contribution is -0.577. The highest BCUT2D eigenvalue weighted by molar-refractivity contribution is 7.81. The van der Waals surface area contributed by atoms with Crippen molar-refractivity contribution in [3.63, 3.8) is 0 Å². The van der Waals surface area contributed by atoms with Gasteiger partial charge in [-0.1, -0.05) is 47.6 Å². The first-order valence-corrected chi connectivity index (χ1v) is 9.75. The summed E-state index contributed by atoms with van der Waals surface area (Å²) in [6.45, 7) is 4.07. The molecule has 28 heavy (non-hydrogen) atoms. The van der Waals surface area contributed by atoms with E-state index in [1.165, 1.54) is 5.56 Å². The highest BCUT2D eigenvalue weighted by Crippen LogP contribution is 2.27. The molecule has 2 aromatic carbocycles. The maximum Gasteiger partial charge on any atom is 0.238 e. The van der Waals surface area contributed by atoms with Crippen LogP contribution in [-0.2, 0) is 0 Å². The zero-order chi connectivity index (χ0) is 20.3. The van der Waals surface area contributed by atoms with E-state index in [1.54, 1.807) is 35.2 Å². The van der Waals surface area contributed by atoms with Crippen LogP contribution in [0.5, 0.6) is 0 Å². The summed E-state index contributed by atoms with van der Waals surface area (Å²) in [4.78, 5) is 0.292. The van der Waals surface area contributed by atoms with Gasteiger partial charge in [0.05, 0.1) is 0 Å². The number of anilines is 1. The molecule has 0 atom stereocenters. The van der Waals surface area contributed by atoms with Gasteiger partial charge in [0, 0.05) is 27.9 Å². The van der Waals surface area contributed by atoms with Crippen LogP contribution in [0.15, 0.2) is 67.0 Å². The normalized spacial score (nSPS) is 11.7. The van der Waals surface area contributed by atoms with Crippen LogP contribution in [0.3, 0.4) is 0 Å². The lowest BCUT2D eigenvalue weighted by Crippen LogP contribution is -2.39. The maximum absolute atomic E-state index is 13.3. The van der Waals surface area contributed by atoms with E-state index in [9.17, 15) is 5.11 Å². The molecule has 3 nitrogen and oxygen atoms in total. The van der Waals surface area contributed by atoms with E-state index in [0.29, 0.717) is 20.6 Å². The first kappa shape index (κ1) is 20.3. The fourth-order valence-electron chi connectivity index (χ4n) is 2.69. The molecule has 0 saturated carbocycles. The zero-order valence-corrected chi connectivity index (χ0v) is 17.7. The third-order valence-corrected chi connectivity index (χ3v) is 5.20. The number of benzene rings is 2. The second-order valence-electron chi connectivity index (χ2n) is 6.34. The van der Waals surface area contributed by atoms with Gasteiger partial charge in [-0.05, 0) is 66.6 Å². The van der Waals surface area contributed by atoms with Crippen LogP contribution in [0.4, 0.5) is 5.69 Å². The zero-order valence-electron chi connectivity index (χ0n) is 15.4. The van der Waals surface area contributed by atoms with Crippen LogP contribution in [0, 0.1) is 13.8 Å². The molecule has 0 aliphatic carbocycles. The van der Waals surface area contributed by atoms with Crippen molar-refractivity contribution in [3.05, 3.63) is 93.7 Å². The molecule has 3 aromatic rings. The Hall–Kier alpha value is -2.40. The van der Waals surface area contributed by atoms with Crippen molar-refractivity contribution in [2.24, 2.45) is 0 Å². The number of pyridine rings is 1. The minimum absolute atomic E-state index is 0.290. The smallest absolute Gasteiger partial charge is 0.238 e. The van der Waals surface area contributed by atoms with Gasteiger partial charge in [0.15, 0.2) is 17.4 Å². The number of nitrogens with one attached hydrogen (secondary N) is 1. The van der Waals surface area contributed by atoms with Gasteiger partial charge >= 0.3 is 0 Å². The molecule has 0 fully saturated rings. The molecule has 1 heterocycles. The summed E-state index contributed by atoms with van der Waals surface area (Å²) in [5.41, 5.74) is 3.71. The largest absolute Gasteiger partial charge is 0.867 e. The minimum atomic E-state index is -0.315. The molecule has 6 heteroatoms. The molecular weight excluding hydrogens is 411 g/mol. The Morgan fingerprint density at radius 3 is 2.36 bits per heavy atom. The van der Waals surface area contributed by atoms with E-state index in [2.05, 4.69) is 5.32 Å². The van der Waals surface area contributed by atoms with Gasteiger partial charge in [-0.15, -0.1) is 0 Å². The number of rotatable bonds is 4. The Morgan fingerprint density at radius 2 is 1.68 bits per heavy atom. The molecule has 0 aliphatic heterocycles. The van der Waals surface area contributed by atoms with Crippen LogP contribution in [0.1, 0.15) is 16.7 Å². The van der Waals surface area contributed by atoms with Gasteiger partial charge in [-0.3, -0.25) is 0 Å². The second kappa shape index (κ2) is 8.74. The second-order valence-corrected chi connectivity index (χ2v) is 7.59. The third kappa shape index (κ3) is 4.53. The first-order valence-electron chi connectivity index (χ1n) is 8.59. The maximum atomic E-state index is 13.3. The van der Waals surface area contributed by atoms with E-state index < -0.39 is 0 Å². The first-order chi connectivity index (χ1) is 13.4. The summed E-state index contributed by atoms with van der Waals surface area (Å²) in [7, 11) is 0. The Bertz CT molecular complexity index is 1070. The van der Waals surface area contributed by atoms with Gasteiger partial charge in [0.1, 0.15) is 0 Å². The highest BCUT2D eigenvalue weighted by atomic mass is 35.5. The summed E-state index contributed by atoms with van der Waals surface area (Å²) in [5, 5.41) is 17.3. The van der Waals surface area contributed by atoms with Gasteiger partial charge < -0.3 is 10.4 Å². The average Bonchev–Trinajstić information content (AvgIpc) is 2.67. The summed E-state index contributed by atoms with van der Waals surface area (Å²) in [6.07, 6.45) is 3.53. The topological polar surface area (TPSA) is 39.0 Å². The molecule has 0 saturated heterocycles. The SMILES string of the molecule is Cc1ccc(NC(=S)/C(=C(/[O-])c2cc(Cl)ccc2Cl)[n+]2ccccc2)cc1C. The minimum Gasteiger partial charge on any atom is -0.867 e.